The zero-order valence-electron chi connectivity index (χ0n) is 12.1. The van der Waals surface area contributed by atoms with Gasteiger partial charge in [-0.2, -0.15) is 4.98 Å². The molecule has 1 saturated carbocycles. The number of carbonyl (C=O) groups is 1. The van der Waals surface area contributed by atoms with Crippen LogP contribution in [0.1, 0.15) is 28.6 Å². The third kappa shape index (κ3) is 3.36. The van der Waals surface area contributed by atoms with Crippen LogP contribution in [-0.4, -0.2) is 30.7 Å². The van der Waals surface area contributed by atoms with Gasteiger partial charge in [0.15, 0.2) is 15.7 Å². The number of rotatable bonds is 5. The fourth-order valence-electron chi connectivity index (χ4n) is 2.33. The number of aryl methyl sites for hydroxylation is 1. The van der Waals surface area contributed by atoms with E-state index in [1.165, 1.54) is 10.4 Å². The SMILES string of the molecule is Cc1ccsc1[C@H]1C[C@@H]1C(=O)Nc1nc(CS(C)(=O)=O)no1. The Bertz CT molecular complexity index is 809. The van der Waals surface area contributed by atoms with E-state index in [0.29, 0.717) is 0 Å². The highest BCUT2D eigenvalue weighted by Gasteiger charge is 2.45. The van der Waals surface area contributed by atoms with Crippen molar-refractivity contribution < 1.29 is 17.7 Å². The number of nitrogens with zero attached hydrogens (tertiary/aromatic N) is 2. The molecule has 0 spiro atoms. The molecule has 0 saturated heterocycles. The molecule has 1 aliphatic rings. The van der Waals surface area contributed by atoms with Crippen LogP contribution in [0, 0.1) is 12.8 Å². The Kier molecular flexibility index (Phi) is 3.77. The van der Waals surface area contributed by atoms with Crippen molar-refractivity contribution in [3.63, 3.8) is 0 Å². The van der Waals surface area contributed by atoms with Gasteiger partial charge in [-0.25, -0.2) is 8.42 Å². The zero-order chi connectivity index (χ0) is 15.9. The van der Waals surface area contributed by atoms with E-state index in [-0.39, 0.29) is 35.3 Å². The summed E-state index contributed by atoms with van der Waals surface area (Å²) in [5.74, 6) is -0.292. The lowest BCUT2D eigenvalue weighted by molar-refractivity contribution is -0.117. The molecule has 7 nitrogen and oxygen atoms in total. The van der Waals surface area contributed by atoms with E-state index in [9.17, 15) is 13.2 Å². The second-order valence-corrected chi connectivity index (χ2v) is 8.58. The summed E-state index contributed by atoms with van der Waals surface area (Å²) in [6.45, 7) is 2.04. The Hall–Kier alpha value is -1.74. The number of carbonyl (C=O) groups excluding carboxylic acids is 1. The van der Waals surface area contributed by atoms with Gasteiger partial charge in [-0.1, -0.05) is 5.16 Å². The molecule has 1 fully saturated rings. The van der Waals surface area contributed by atoms with Crippen molar-refractivity contribution in [3.8, 4) is 0 Å². The maximum Gasteiger partial charge on any atom is 0.328 e. The molecule has 0 bridgehead atoms. The van der Waals surface area contributed by atoms with E-state index in [4.69, 9.17) is 4.52 Å². The van der Waals surface area contributed by atoms with Gasteiger partial charge in [-0.05, 0) is 30.4 Å². The Morgan fingerprint density at radius 2 is 2.32 bits per heavy atom. The van der Waals surface area contributed by atoms with Gasteiger partial charge in [0.1, 0.15) is 5.75 Å². The molecule has 3 rings (SSSR count). The molecule has 2 aromatic heterocycles. The Morgan fingerprint density at radius 1 is 1.55 bits per heavy atom. The van der Waals surface area contributed by atoms with Gasteiger partial charge >= 0.3 is 6.01 Å². The van der Waals surface area contributed by atoms with Crippen molar-refractivity contribution in [2.45, 2.75) is 25.0 Å². The molecule has 0 radical (unpaired) electrons. The first-order valence-electron chi connectivity index (χ1n) is 6.68. The van der Waals surface area contributed by atoms with Crippen LogP contribution in [0.4, 0.5) is 6.01 Å². The molecule has 0 unspecified atom stereocenters. The largest absolute Gasteiger partial charge is 0.328 e. The molecule has 0 aliphatic heterocycles. The predicted octanol–water partition coefficient (Wildman–Crippen LogP) is 1.73. The van der Waals surface area contributed by atoms with Crippen LogP contribution in [-0.2, 0) is 20.4 Å². The zero-order valence-corrected chi connectivity index (χ0v) is 13.7. The van der Waals surface area contributed by atoms with Crippen LogP contribution in [0.5, 0.6) is 0 Å². The molecule has 2 heterocycles. The lowest BCUT2D eigenvalue weighted by atomic mass is 10.2. The van der Waals surface area contributed by atoms with Gasteiger partial charge in [0, 0.05) is 23.0 Å². The standard InChI is InChI=1S/C13H15N3O4S2/c1-7-3-4-21-11(7)8-5-9(8)12(17)15-13-14-10(16-20-13)6-22(2,18)19/h3-4,8-9H,5-6H2,1-2H3,(H,14,15,16,17)/t8-,9-/m0/s1. The molecular weight excluding hydrogens is 326 g/mol. The average Bonchev–Trinajstić information content (AvgIpc) is 2.91. The summed E-state index contributed by atoms with van der Waals surface area (Å²) in [4.78, 5) is 17.2. The van der Waals surface area contributed by atoms with Crippen molar-refractivity contribution in [2.24, 2.45) is 5.92 Å². The normalized spacial score (nSPS) is 20.8. The van der Waals surface area contributed by atoms with Crippen LogP contribution < -0.4 is 5.32 Å². The predicted molar refractivity (Wildman–Crippen MR) is 81.4 cm³/mol. The van der Waals surface area contributed by atoms with Gasteiger partial charge in [-0.15, -0.1) is 11.3 Å². The van der Waals surface area contributed by atoms with Crippen LogP contribution in [0.3, 0.4) is 0 Å². The van der Waals surface area contributed by atoms with E-state index in [1.807, 2.05) is 18.4 Å². The van der Waals surface area contributed by atoms with Crippen molar-refractivity contribution in [3.05, 3.63) is 27.7 Å². The van der Waals surface area contributed by atoms with Crippen molar-refractivity contribution in [1.29, 1.82) is 0 Å². The first kappa shape index (κ1) is 15.2. The van der Waals surface area contributed by atoms with Crippen LogP contribution in [0.2, 0.25) is 0 Å². The second-order valence-electron chi connectivity index (χ2n) is 5.49. The molecule has 22 heavy (non-hydrogen) atoms. The summed E-state index contributed by atoms with van der Waals surface area (Å²) in [6.07, 6.45) is 1.89. The molecule has 0 aromatic carbocycles. The monoisotopic (exact) mass is 341 g/mol. The Labute approximate surface area is 131 Å². The number of amides is 1. The van der Waals surface area contributed by atoms with Crippen molar-refractivity contribution >= 4 is 33.1 Å². The summed E-state index contributed by atoms with van der Waals surface area (Å²) in [5.41, 5.74) is 1.21. The van der Waals surface area contributed by atoms with Crippen LogP contribution >= 0.6 is 11.3 Å². The van der Waals surface area contributed by atoms with Crippen molar-refractivity contribution in [2.75, 3.05) is 11.6 Å². The van der Waals surface area contributed by atoms with E-state index < -0.39 is 9.84 Å². The summed E-state index contributed by atoms with van der Waals surface area (Å²) < 4.78 is 27.2. The van der Waals surface area contributed by atoms with Crippen LogP contribution in [0.15, 0.2) is 16.0 Å². The molecule has 1 aliphatic carbocycles. The summed E-state index contributed by atoms with van der Waals surface area (Å²) in [5, 5.41) is 8.11. The molecule has 2 atom stereocenters. The number of thiophene rings is 1. The highest BCUT2D eigenvalue weighted by atomic mass is 32.2. The summed E-state index contributed by atoms with van der Waals surface area (Å²) in [7, 11) is -3.24. The quantitative estimate of drug-likeness (QED) is 0.888. The Balaban J connectivity index is 1.61. The maximum absolute atomic E-state index is 12.1. The number of hydrogen-bond acceptors (Lipinski definition) is 7. The molecule has 2 aromatic rings. The van der Waals surface area contributed by atoms with E-state index in [0.717, 1.165) is 12.7 Å². The van der Waals surface area contributed by atoms with Gasteiger partial charge in [-0.3, -0.25) is 10.1 Å². The lowest BCUT2D eigenvalue weighted by Crippen LogP contribution is -2.15. The molecule has 1 N–H and O–H groups in total. The second kappa shape index (κ2) is 5.47. The van der Waals surface area contributed by atoms with Crippen LogP contribution in [0.25, 0.3) is 0 Å². The van der Waals surface area contributed by atoms with E-state index >= 15 is 0 Å². The Morgan fingerprint density at radius 3 is 2.95 bits per heavy atom. The third-order valence-electron chi connectivity index (χ3n) is 3.46. The van der Waals surface area contributed by atoms with Gasteiger partial charge < -0.3 is 4.52 Å². The third-order valence-corrected chi connectivity index (χ3v) is 5.39. The fourth-order valence-corrected chi connectivity index (χ4v) is 4.03. The molecule has 118 valence electrons. The number of hydrogen-bond donors (Lipinski definition) is 1. The van der Waals surface area contributed by atoms with E-state index in [1.54, 1.807) is 11.3 Å². The van der Waals surface area contributed by atoms with Gasteiger partial charge in [0.25, 0.3) is 0 Å². The number of aromatic nitrogens is 2. The number of sulfone groups is 1. The minimum absolute atomic E-state index is 0.0410. The maximum atomic E-state index is 12.1. The topological polar surface area (TPSA) is 102 Å². The molecule has 1 amide bonds. The first-order chi connectivity index (χ1) is 10.3. The lowest BCUT2D eigenvalue weighted by Gasteiger charge is -1.99. The highest BCUT2D eigenvalue weighted by Crippen LogP contribution is 2.50. The van der Waals surface area contributed by atoms with E-state index in [2.05, 4.69) is 15.5 Å². The average molecular weight is 341 g/mol. The van der Waals surface area contributed by atoms with Gasteiger partial charge in [0.2, 0.25) is 5.91 Å². The smallest absolute Gasteiger partial charge is 0.315 e. The number of anilines is 1. The van der Waals surface area contributed by atoms with Gasteiger partial charge in [0.05, 0.1) is 0 Å². The molecule has 9 heteroatoms. The fraction of sp³-hybridized carbons (Fsp3) is 0.462. The minimum Gasteiger partial charge on any atom is -0.315 e. The summed E-state index contributed by atoms with van der Waals surface area (Å²) >= 11 is 1.66. The summed E-state index contributed by atoms with van der Waals surface area (Å²) in [6, 6.07) is 1.99. The first-order valence-corrected chi connectivity index (χ1v) is 9.62. The van der Waals surface area contributed by atoms with Crippen molar-refractivity contribution in [1.82, 2.24) is 10.1 Å². The minimum atomic E-state index is -3.24. The number of nitrogens with one attached hydrogen (secondary N) is 1. The highest BCUT2D eigenvalue weighted by molar-refractivity contribution is 7.89. The molecular formula is C13H15N3O4S2.